The third-order valence-electron chi connectivity index (χ3n) is 2.16. The zero-order chi connectivity index (χ0) is 10.7. The quantitative estimate of drug-likeness (QED) is 0.733. The van der Waals surface area contributed by atoms with Crippen molar-refractivity contribution in [3.63, 3.8) is 0 Å². The monoisotopic (exact) mass is 224 g/mol. The Kier molecular flexibility index (Phi) is 3.02. The Morgan fingerprint density at radius 3 is 2.67 bits per heavy atom. The van der Waals surface area contributed by atoms with Crippen LogP contribution < -0.4 is 0 Å². The molecule has 0 bridgehead atoms. The third-order valence-corrected chi connectivity index (χ3v) is 2.55. The molecule has 0 spiro atoms. The molecule has 0 aliphatic heterocycles. The van der Waals surface area contributed by atoms with Gasteiger partial charge in [0.15, 0.2) is 0 Å². The molecule has 1 aromatic heterocycles. The standard InChI is InChI=1S/C11H10ClFN2/c12-11(7-15-6-5-14-8-15)9-1-3-10(13)4-2-9/h1-6,8,11H,7H2. The van der Waals surface area contributed by atoms with Crippen LogP contribution in [0.5, 0.6) is 0 Å². The minimum Gasteiger partial charge on any atom is -0.336 e. The fraction of sp³-hybridized carbons (Fsp3) is 0.182. The molecule has 0 radical (unpaired) electrons. The van der Waals surface area contributed by atoms with E-state index in [4.69, 9.17) is 11.6 Å². The summed E-state index contributed by atoms with van der Waals surface area (Å²) in [6.07, 6.45) is 5.26. The van der Waals surface area contributed by atoms with Crippen LogP contribution in [0.2, 0.25) is 0 Å². The summed E-state index contributed by atoms with van der Waals surface area (Å²) >= 11 is 6.18. The Morgan fingerprint density at radius 1 is 1.33 bits per heavy atom. The number of hydrogen-bond acceptors (Lipinski definition) is 1. The molecule has 78 valence electrons. The number of imidazole rings is 1. The van der Waals surface area contributed by atoms with E-state index in [-0.39, 0.29) is 11.2 Å². The molecule has 15 heavy (non-hydrogen) atoms. The van der Waals surface area contributed by atoms with E-state index < -0.39 is 0 Å². The minimum absolute atomic E-state index is 0.167. The molecule has 1 atom stereocenters. The fourth-order valence-electron chi connectivity index (χ4n) is 1.36. The van der Waals surface area contributed by atoms with Crippen molar-refractivity contribution in [2.45, 2.75) is 11.9 Å². The molecule has 0 fully saturated rings. The summed E-state index contributed by atoms with van der Waals surface area (Å²) in [5.41, 5.74) is 0.909. The number of aromatic nitrogens is 2. The predicted molar refractivity (Wildman–Crippen MR) is 57.2 cm³/mol. The molecule has 0 aliphatic rings. The molecule has 1 aromatic carbocycles. The number of hydrogen-bond donors (Lipinski definition) is 0. The van der Waals surface area contributed by atoms with Crippen LogP contribution in [0.25, 0.3) is 0 Å². The van der Waals surface area contributed by atoms with Crippen molar-refractivity contribution in [1.29, 1.82) is 0 Å². The number of halogens is 2. The topological polar surface area (TPSA) is 17.8 Å². The summed E-state index contributed by atoms with van der Waals surface area (Å²) in [6, 6.07) is 6.23. The molecular weight excluding hydrogens is 215 g/mol. The lowest BCUT2D eigenvalue weighted by Gasteiger charge is -2.10. The van der Waals surface area contributed by atoms with Gasteiger partial charge in [0.25, 0.3) is 0 Å². The molecule has 0 amide bonds. The highest BCUT2D eigenvalue weighted by Crippen LogP contribution is 2.22. The highest BCUT2D eigenvalue weighted by molar-refractivity contribution is 6.20. The summed E-state index contributed by atoms with van der Waals surface area (Å²) in [5, 5.41) is -0.167. The maximum absolute atomic E-state index is 12.7. The first-order chi connectivity index (χ1) is 7.25. The van der Waals surface area contributed by atoms with Gasteiger partial charge in [-0.1, -0.05) is 12.1 Å². The van der Waals surface area contributed by atoms with Crippen LogP contribution >= 0.6 is 11.6 Å². The zero-order valence-corrected chi connectivity index (χ0v) is 8.73. The SMILES string of the molecule is Fc1ccc(C(Cl)Cn2ccnc2)cc1. The van der Waals surface area contributed by atoms with Crippen molar-refractivity contribution in [1.82, 2.24) is 9.55 Å². The second-order valence-corrected chi connectivity index (χ2v) is 3.81. The largest absolute Gasteiger partial charge is 0.336 e. The maximum atomic E-state index is 12.7. The summed E-state index contributed by atoms with van der Waals surface area (Å²) < 4.78 is 14.6. The molecule has 0 aliphatic carbocycles. The average Bonchev–Trinajstić information content (AvgIpc) is 2.71. The van der Waals surface area contributed by atoms with E-state index in [2.05, 4.69) is 4.98 Å². The average molecular weight is 225 g/mol. The molecule has 2 rings (SSSR count). The van der Waals surface area contributed by atoms with Gasteiger partial charge >= 0.3 is 0 Å². The molecule has 0 N–H and O–H groups in total. The van der Waals surface area contributed by atoms with Crippen LogP contribution in [-0.2, 0) is 6.54 Å². The van der Waals surface area contributed by atoms with Crippen LogP contribution in [0.3, 0.4) is 0 Å². The number of alkyl halides is 1. The van der Waals surface area contributed by atoms with Crippen molar-refractivity contribution in [3.8, 4) is 0 Å². The zero-order valence-electron chi connectivity index (χ0n) is 7.98. The molecule has 0 saturated heterocycles. The van der Waals surface area contributed by atoms with Crippen LogP contribution in [0, 0.1) is 5.82 Å². The first-order valence-electron chi connectivity index (χ1n) is 4.61. The summed E-state index contributed by atoms with van der Waals surface area (Å²) in [4.78, 5) is 3.93. The Labute approximate surface area is 92.3 Å². The van der Waals surface area contributed by atoms with E-state index in [1.165, 1.54) is 12.1 Å². The molecule has 2 aromatic rings. The maximum Gasteiger partial charge on any atom is 0.123 e. The molecule has 1 unspecified atom stereocenters. The Hall–Kier alpha value is -1.35. The molecule has 2 nitrogen and oxygen atoms in total. The van der Waals surface area contributed by atoms with Gasteiger partial charge in [-0.2, -0.15) is 0 Å². The first kappa shape index (κ1) is 10.2. The highest BCUT2D eigenvalue weighted by atomic mass is 35.5. The molecular formula is C11H10ClFN2. The number of nitrogens with zero attached hydrogens (tertiary/aromatic N) is 2. The van der Waals surface area contributed by atoms with Gasteiger partial charge in [0.2, 0.25) is 0 Å². The van der Waals surface area contributed by atoms with Crippen molar-refractivity contribution in [2.24, 2.45) is 0 Å². The van der Waals surface area contributed by atoms with Gasteiger partial charge in [-0.15, -0.1) is 11.6 Å². The van der Waals surface area contributed by atoms with Crippen LogP contribution in [0.15, 0.2) is 43.0 Å². The lowest BCUT2D eigenvalue weighted by Crippen LogP contribution is -2.02. The molecule has 4 heteroatoms. The van der Waals surface area contributed by atoms with Gasteiger partial charge in [0.1, 0.15) is 5.82 Å². The van der Waals surface area contributed by atoms with Crippen LogP contribution in [0.4, 0.5) is 4.39 Å². The van der Waals surface area contributed by atoms with E-state index in [1.54, 1.807) is 24.7 Å². The summed E-state index contributed by atoms with van der Waals surface area (Å²) in [5.74, 6) is -0.245. The Bertz CT molecular complexity index is 411. The third kappa shape index (κ3) is 2.57. The molecule has 1 heterocycles. The lowest BCUT2D eigenvalue weighted by atomic mass is 10.1. The van der Waals surface area contributed by atoms with Gasteiger partial charge < -0.3 is 4.57 Å². The van der Waals surface area contributed by atoms with Crippen LogP contribution in [-0.4, -0.2) is 9.55 Å². The first-order valence-corrected chi connectivity index (χ1v) is 5.04. The minimum atomic E-state index is -0.245. The van der Waals surface area contributed by atoms with E-state index in [9.17, 15) is 4.39 Å². The van der Waals surface area contributed by atoms with Crippen LogP contribution in [0.1, 0.15) is 10.9 Å². The van der Waals surface area contributed by atoms with Gasteiger partial charge in [-0.05, 0) is 17.7 Å². The van der Waals surface area contributed by atoms with E-state index in [0.29, 0.717) is 6.54 Å². The smallest absolute Gasteiger partial charge is 0.123 e. The second-order valence-electron chi connectivity index (χ2n) is 3.28. The summed E-state index contributed by atoms with van der Waals surface area (Å²) in [7, 11) is 0. The van der Waals surface area contributed by atoms with Crippen molar-refractivity contribution < 1.29 is 4.39 Å². The van der Waals surface area contributed by atoms with E-state index in [1.807, 2.05) is 10.8 Å². The van der Waals surface area contributed by atoms with Crippen molar-refractivity contribution in [2.75, 3.05) is 0 Å². The Balaban J connectivity index is 2.08. The molecule has 0 saturated carbocycles. The normalized spacial score (nSPS) is 12.7. The number of rotatable bonds is 3. The second kappa shape index (κ2) is 4.45. The van der Waals surface area contributed by atoms with Gasteiger partial charge in [0.05, 0.1) is 11.7 Å². The van der Waals surface area contributed by atoms with Crippen molar-refractivity contribution in [3.05, 3.63) is 54.4 Å². The Morgan fingerprint density at radius 2 is 2.07 bits per heavy atom. The summed E-state index contributed by atoms with van der Waals surface area (Å²) in [6.45, 7) is 0.632. The van der Waals surface area contributed by atoms with Crippen molar-refractivity contribution >= 4 is 11.6 Å². The number of benzene rings is 1. The van der Waals surface area contributed by atoms with Gasteiger partial charge in [0, 0.05) is 18.9 Å². The van der Waals surface area contributed by atoms with Gasteiger partial charge in [-0.3, -0.25) is 0 Å². The predicted octanol–water partition coefficient (Wildman–Crippen LogP) is 3.00. The highest BCUT2D eigenvalue weighted by Gasteiger charge is 2.08. The van der Waals surface area contributed by atoms with Gasteiger partial charge in [-0.25, -0.2) is 9.37 Å². The lowest BCUT2D eigenvalue weighted by molar-refractivity contribution is 0.624. The van der Waals surface area contributed by atoms with E-state index in [0.717, 1.165) is 5.56 Å². The fourth-order valence-corrected chi connectivity index (χ4v) is 1.66. The van der Waals surface area contributed by atoms with E-state index >= 15 is 0 Å².